The van der Waals surface area contributed by atoms with Crippen LogP contribution in [-0.2, 0) is 9.59 Å². The second kappa shape index (κ2) is 10.7. The summed E-state index contributed by atoms with van der Waals surface area (Å²) >= 11 is 0. The Morgan fingerprint density at radius 3 is 2.36 bits per heavy atom. The maximum atomic E-state index is 12.7. The minimum atomic E-state index is -0.678. The van der Waals surface area contributed by atoms with E-state index in [1.54, 1.807) is 6.07 Å². The second-order valence-electron chi connectivity index (χ2n) is 8.97. The van der Waals surface area contributed by atoms with Crippen molar-refractivity contribution in [3.63, 3.8) is 0 Å². The van der Waals surface area contributed by atoms with Gasteiger partial charge in [-0.3, -0.25) is 14.5 Å². The molecule has 5 rings (SSSR count). The summed E-state index contributed by atoms with van der Waals surface area (Å²) in [4.78, 5) is 30.0. The van der Waals surface area contributed by atoms with Crippen molar-refractivity contribution >= 4 is 23.2 Å². The quantitative estimate of drug-likeness (QED) is 0.520. The Morgan fingerprint density at radius 1 is 0.861 bits per heavy atom. The number of hydrogen-bond acceptors (Lipinski definition) is 6. The topological polar surface area (TPSA) is 83.1 Å². The summed E-state index contributed by atoms with van der Waals surface area (Å²) in [5, 5.41) is 5.55. The molecule has 3 aromatic rings. The molecule has 0 spiro atoms. The van der Waals surface area contributed by atoms with E-state index in [2.05, 4.69) is 44.7 Å². The van der Waals surface area contributed by atoms with Crippen LogP contribution in [0.1, 0.15) is 17.2 Å². The predicted molar refractivity (Wildman–Crippen MR) is 138 cm³/mol. The predicted octanol–water partition coefficient (Wildman–Crippen LogP) is 3.34. The lowest BCUT2D eigenvalue weighted by molar-refractivity contribution is -0.136. The molecule has 3 aromatic carbocycles. The number of carbonyl (C=O) groups is 2. The van der Waals surface area contributed by atoms with Crippen molar-refractivity contribution in [2.75, 3.05) is 49.7 Å². The number of carbonyl (C=O) groups excluding carboxylic acids is 2. The third-order valence-electron chi connectivity index (χ3n) is 6.71. The van der Waals surface area contributed by atoms with Crippen molar-refractivity contribution in [1.29, 1.82) is 0 Å². The second-order valence-corrected chi connectivity index (χ2v) is 8.97. The van der Waals surface area contributed by atoms with Crippen LogP contribution in [0.15, 0.2) is 72.8 Å². The minimum Gasteiger partial charge on any atom is -0.454 e. The van der Waals surface area contributed by atoms with Crippen LogP contribution >= 0.6 is 0 Å². The highest BCUT2D eigenvalue weighted by Crippen LogP contribution is 2.35. The van der Waals surface area contributed by atoms with Crippen molar-refractivity contribution in [1.82, 2.24) is 10.2 Å². The van der Waals surface area contributed by atoms with Gasteiger partial charge in [0.05, 0.1) is 6.04 Å². The van der Waals surface area contributed by atoms with Gasteiger partial charge in [-0.25, -0.2) is 0 Å². The van der Waals surface area contributed by atoms with Crippen LogP contribution in [0.4, 0.5) is 11.4 Å². The lowest BCUT2D eigenvalue weighted by atomic mass is 10.0. The zero-order chi connectivity index (χ0) is 24.9. The van der Waals surface area contributed by atoms with Gasteiger partial charge < -0.3 is 25.0 Å². The highest BCUT2D eigenvalue weighted by molar-refractivity contribution is 6.39. The summed E-state index contributed by atoms with van der Waals surface area (Å²) in [6.45, 7) is 5.76. The molecule has 0 radical (unpaired) electrons. The molecule has 1 fully saturated rings. The number of ether oxygens (including phenoxy) is 2. The van der Waals surface area contributed by atoms with E-state index in [0.29, 0.717) is 23.7 Å². The van der Waals surface area contributed by atoms with Crippen molar-refractivity contribution in [3.8, 4) is 11.5 Å². The van der Waals surface area contributed by atoms with E-state index in [9.17, 15) is 9.59 Å². The molecule has 1 atom stereocenters. The van der Waals surface area contributed by atoms with Gasteiger partial charge in [-0.15, -0.1) is 0 Å². The van der Waals surface area contributed by atoms with Gasteiger partial charge in [0.15, 0.2) is 11.5 Å². The summed E-state index contributed by atoms with van der Waals surface area (Å²) in [6, 6.07) is 23.5. The Labute approximate surface area is 210 Å². The fourth-order valence-corrected chi connectivity index (χ4v) is 4.67. The van der Waals surface area contributed by atoms with Gasteiger partial charge in [-0.2, -0.15) is 0 Å². The van der Waals surface area contributed by atoms with E-state index in [1.165, 1.54) is 5.69 Å². The molecule has 8 nitrogen and oxygen atoms in total. The molecule has 0 aromatic heterocycles. The lowest BCUT2D eigenvalue weighted by Gasteiger charge is -2.40. The third kappa shape index (κ3) is 5.28. The Bertz CT molecular complexity index is 1230. The Balaban J connectivity index is 1.28. The fraction of sp³-hybridized carbons (Fsp3) is 0.286. The molecule has 2 N–H and O–H groups in total. The molecular weight excluding hydrogens is 456 g/mol. The number of hydrogen-bond donors (Lipinski definition) is 2. The largest absolute Gasteiger partial charge is 0.454 e. The maximum absolute atomic E-state index is 12.7. The summed E-state index contributed by atoms with van der Waals surface area (Å²) in [5.74, 6) is 0.0756. The van der Waals surface area contributed by atoms with Gasteiger partial charge in [0, 0.05) is 44.1 Å². The molecule has 2 amide bonds. The number of piperazine rings is 1. The number of benzene rings is 3. The summed E-state index contributed by atoms with van der Waals surface area (Å²) in [7, 11) is 0. The molecule has 0 saturated carbocycles. The molecule has 0 aliphatic carbocycles. The number of fused-ring (bicyclic) bond motifs is 1. The van der Waals surface area contributed by atoms with E-state index in [-0.39, 0.29) is 12.8 Å². The first-order valence-corrected chi connectivity index (χ1v) is 12.2. The first-order valence-electron chi connectivity index (χ1n) is 12.2. The Hall–Kier alpha value is -4.04. The molecule has 2 aliphatic rings. The van der Waals surface area contributed by atoms with Gasteiger partial charge in [0.25, 0.3) is 0 Å². The molecule has 36 heavy (non-hydrogen) atoms. The molecule has 1 saturated heterocycles. The Morgan fingerprint density at radius 2 is 1.58 bits per heavy atom. The van der Waals surface area contributed by atoms with Crippen molar-refractivity contribution in [3.05, 3.63) is 83.9 Å². The molecule has 0 bridgehead atoms. The molecule has 2 heterocycles. The highest BCUT2D eigenvalue weighted by atomic mass is 16.7. The van der Waals surface area contributed by atoms with Crippen LogP contribution in [0.2, 0.25) is 0 Å². The number of rotatable bonds is 6. The van der Waals surface area contributed by atoms with E-state index >= 15 is 0 Å². The first kappa shape index (κ1) is 23.7. The minimum absolute atomic E-state index is 0.118. The third-order valence-corrected chi connectivity index (χ3v) is 6.71. The Kier molecular flexibility index (Phi) is 7.04. The van der Waals surface area contributed by atoms with E-state index in [0.717, 1.165) is 37.3 Å². The summed E-state index contributed by atoms with van der Waals surface area (Å²) in [6.07, 6.45) is 0. The van der Waals surface area contributed by atoms with Gasteiger partial charge in [0.2, 0.25) is 6.79 Å². The van der Waals surface area contributed by atoms with E-state index in [1.807, 2.05) is 49.4 Å². The average Bonchev–Trinajstić information content (AvgIpc) is 3.39. The monoisotopic (exact) mass is 486 g/mol. The fourth-order valence-electron chi connectivity index (χ4n) is 4.67. The highest BCUT2D eigenvalue weighted by Gasteiger charge is 2.28. The zero-order valence-corrected chi connectivity index (χ0v) is 20.3. The number of anilines is 2. The standard InChI is InChI=1S/C28H30N4O4/c1-20-7-5-6-10-23(20)30-28(34)27(33)29-18-24(21-11-12-25-26(17-21)36-19-35-25)32-15-13-31(14-16-32)22-8-3-2-4-9-22/h2-12,17,24H,13-16,18-19H2,1H3,(H,29,33)(H,30,34)/t24-/m0/s1. The smallest absolute Gasteiger partial charge is 0.313 e. The van der Waals surface area contributed by atoms with Crippen molar-refractivity contribution in [2.45, 2.75) is 13.0 Å². The van der Waals surface area contributed by atoms with Crippen LogP contribution in [0, 0.1) is 6.92 Å². The molecule has 186 valence electrons. The van der Waals surface area contributed by atoms with Crippen LogP contribution in [0.5, 0.6) is 11.5 Å². The SMILES string of the molecule is Cc1ccccc1NC(=O)C(=O)NC[C@@H](c1ccc2c(c1)OCO2)N1CCN(c2ccccc2)CC1. The number of nitrogens with zero attached hydrogens (tertiary/aromatic N) is 2. The summed E-state index contributed by atoms with van der Waals surface area (Å²) < 4.78 is 11.1. The maximum Gasteiger partial charge on any atom is 0.313 e. The first-order chi connectivity index (χ1) is 17.6. The van der Waals surface area contributed by atoms with Crippen LogP contribution in [0.25, 0.3) is 0 Å². The molecule has 2 aliphatic heterocycles. The van der Waals surface area contributed by atoms with Gasteiger partial charge >= 0.3 is 11.8 Å². The molecule has 8 heteroatoms. The number of aryl methyl sites for hydroxylation is 1. The van der Waals surface area contributed by atoms with Crippen molar-refractivity contribution < 1.29 is 19.1 Å². The van der Waals surface area contributed by atoms with Gasteiger partial charge in [-0.05, 0) is 48.4 Å². The molecular formula is C28H30N4O4. The number of para-hydroxylation sites is 2. The van der Waals surface area contributed by atoms with Gasteiger partial charge in [0.1, 0.15) is 0 Å². The molecule has 0 unspecified atom stereocenters. The van der Waals surface area contributed by atoms with E-state index < -0.39 is 11.8 Å². The zero-order valence-electron chi connectivity index (χ0n) is 20.3. The summed E-state index contributed by atoms with van der Waals surface area (Å²) in [5.41, 5.74) is 3.74. The number of amides is 2. The normalized spacial score (nSPS) is 15.9. The number of nitrogens with one attached hydrogen (secondary N) is 2. The van der Waals surface area contributed by atoms with E-state index in [4.69, 9.17) is 9.47 Å². The average molecular weight is 487 g/mol. The lowest BCUT2D eigenvalue weighted by Crippen LogP contribution is -2.50. The van der Waals surface area contributed by atoms with Gasteiger partial charge in [-0.1, -0.05) is 42.5 Å². The van der Waals surface area contributed by atoms with Crippen LogP contribution in [0.3, 0.4) is 0 Å². The van der Waals surface area contributed by atoms with Crippen LogP contribution < -0.4 is 25.0 Å². The van der Waals surface area contributed by atoms with Crippen molar-refractivity contribution in [2.24, 2.45) is 0 Å². The van der Waals surface area contributed by atoms with Crippen LogP contribution in [-0.4, -0.2) is 56.2 Å².